The quantitative estimate of drug-likeness (QED) is 0.222. The Hall–Kier alpha value is -2.30. The SMILES string of the molecule is CN(C)CCCN(C(=O)c1cc2cc([N+](=O)[O-])ccc2s1)c1nc2ccc(Cl)cc2s1.Cl. The maximum absolute atomic E-state index is 13.5. The Balaban J connectivity index is 0.00000289. The van der Waals surface area contributed by atoms with Crippen molar-refractivity contribution in [2.24, 2.45) is 0 Å². The van der Waals surface area contributed by atoms with Crippen molar-refractivity contribution in [2.75, 3.05) is 32.1 Å². The van der Waals surface area contributed by atoms with E-state index >= 15 is 0 Å². The summed E-state index contributed by atoms with van der Waals surface area (Å²) in [6, 6.07) is 11.8. The molecule has 0 aliphatic carbocycles. The molecule has 0 saturated heterocycles. The van der Waals surface area contributed by atoms with Crippen LogP contribution in [0, 0.1) is 10.1 Å². The van der Waals surface area contributed by atoms with Crippen LogP contribution in [0.5, 0.6) is 0 Å². The number of thiophene rings is 1. The fraction of sp³-hybridized carbons (Fsp3) is 0.238. The van der Waals surface area contributed by atoms with E-state index in [1.807, 2.05) is 26.2 Å². The van der Waals surface area contributed by atoms with Gasteiger partial charge in [-0.3, -0.25) is 19.8 Å². The van der Waals surface area contributed by atoms with Gasteiger partial charge in [-0.2, -0.15) is 0 Å². The number of nitrogens with zero attached hydrogens (tertiary/aromatic N) is 4. The second-order valence-electron chi connectivity index (χ2n) is 7.31. The Morgan fingerprint density at radius 3 is 2.59 bits per heavy atom. The molecule has 0 atom stereocenters. The van der Waals surface area contributed by atoms with Crippen molar-refractivity contribution in [3.63, 3.8) is 0 Å². The van der Waals surface area contributed by atoms with E-state index < -0.39 is 4.92 Å². The van der Waals surface area contributed by atoms with Gasteiger partial charge in [0.25, 0.3) is 11.6 Å². The van der Waals surface area contributed by atoms with Gasteiger partial charge in [-0.05, 0) is 57.4 Å². The first-order chi connectivity index (χ1) is 14.8. The molecule has 32 heavy (non-hydrogen) atoms. The number of carbonyl (C=O) groups is 1. The van der Waals surface area contributed by atoms with Crippen molar-refractivity contribution < 1.29 is 9.72 Å². The normalized spacial score (nSPS) is 11.1. The molecule has 2 aromatic heterocycles. The molecule has 0 radical (unpaired) electrons. The van der Waals surface area contributed by atoms with E-state index in [0.29, 0.717) is 27.0 Å². The Kier molecular flexibility index (Phi) is 7.68. The van der Waals surface area contributed by atoms with E-state index in [1.54, 1.807) is 23.1 Å². The molecule has 0 spiro atoms. The van der Waals surface area contributed by atoms with Gasteiger partial charge in [0, 0.05) is 33.8 Å². The molecule has 7 nitrogen and oxygen atoms in total. The van der Waals surface area contributed by atoms with Crippen LogP contribution >= 0.6 is 46.7 Å². The molecule has 1 amide bonds. The molecule has 2 heterocycles. The molecule has 4 aromatic rings. The first-order valence-corrected chi connectivity index (χ1v) is 11.5. The summed E-state index contributed by atoms with van der Waals surface area (Å²) in [6.07, 6.45) is 0.784. The summed E-state index contributed by atoms with van der Waals surface area (Å²) in [5, 5.41) is 13.0. The van der Waals surface area contributed by atoms with Gasteiger partial charge in [-0.1, -0.05) is 22.9 Å². The number of amides is 1. The lowest BCUT2D eigenvalue weighted by molar-refractivity contribution is -0.384. The molecular formula is C21H20Cl2N4O3S2. The molecule has 0 unspecified atom stereocenters. The van der Waals surface area contributed by atoms with Gasteiger partial charge in [-0.25, -0.2) is 4.98 Å². The molecule has 168 valence electrons. The minimum Gasteiger partial charge on any atom is -0.309 e. The number of benzene rings is 2. The van der Waals surface area contributed by atoms with Crippen LogP contribution in [0.15, 0.2) is 42.5 Å². The number of nitro groups is 1. The highest BCUT2D eigenvalue weighted by molar-refractivity contribution is 7.23. The van der Waals surface area contributed by atoms with Crippen molar-refractivity contribution in [1.29, 1.82) is 0 Å². The van der Waals surface area contributed by atoms with E-state index in [1.165, 1.54) is 34.8 Å². The molecule has 0 N–H and O–H groups in total. The van der Waals surface area contributed by atoms with E-state index in [-0.39, 0.29) is 24.0 Å². The Morgan fingerprint density at radius 2 is 1.88 bits per heavy atom. The van der Waals surface area contributed by atoms with Gasteiger partial charge in [0.05, 0.1) is 20.0 Å². The van der Waals surface area contributed by atoms with Crippen LogP contribution < -0.4 is 4.90 Å². The number of thiazole rings is 1. The van der Waals surface area contributed by atoms with Gasteiger partial charge < -0.3 is 4.90 Å². The number of hydrogen-bond donors (Lipinski definition) is 0. The predicted molar refractivity (Wildman–Crippen MR) is 135 cm³/mol. The molecule has 0 aliphatic heterocycles. The van der Waals surface area contributed by atoms with Crippen LogP contribution in [0.1, 0.15) is 16.1 Å². The van der Waals surface area contributed by atoms with Crippen LogP contribution in [0.4, 0.5) is 10.8 Å². The average molecular weight is 511 g/mol. The Morgan fingerprint density at radius 1 is 1.09 bits per heavy atom. The second kappa shape index (κ2) is 10.1. The number of fused-ring (bicyclic) bond motifs is 2. The molecule has 0 saturated carbocycles. The molecule has 0 aliphatic rings. The molecule has 0 fully saturated rings. The zero-order chi connectivity index (χ0) is 22.1. The Bertz CT molecular complexity index is 1290. The molecule has 11 heteroatoms. The zero-order valence-electron chi connectivity index (χ0n) is 17.3. The van der Waals surface area contributed by atoms with Gasteiger partial charge in [0.2, 0.25) is 0 Å². The van der Waals surface area contributed by atoms with Gasteiger partial charge in [-0.15, -0.1) is 23.7 Å². The predicted octanol–water partition coefficient (Wildman–Crippen LogP) is 6.09. The number of aromatic nitrogens is 1. The summed E-state index contributed by atoms with van der Waals surface area (Å²) in [4.78, 5) is 33.1. The van der Waals surface area contributed by atoms with Gasteiger partial charge in [0.1, 0.15) is 0 Å². The minimum absolute atomic E-state index is 0. The first kappa shape index (κ1) is 24.3. The van der Waals surface area contributed by atoms with E-state index in [4.69, 9.17) is 11.6 Å². The number of rotatable bonds is 7. The summed E-state index contributed by atoms with van der Waals surface area (Å²) in [5.41, 5.74) is 0.803. The van der Waals surface area contributed by atoms with Crippen molar-refractivity contribution in [1.82, 2.24) is 9.88 Å². The lowest BCUT2D eigenvalue weighted by Gasteiger charge is -2.20. The number of carbonyl (C=O) groups excluding carboxylic acids is 1. The highest BCUT2D eigenvalue weighted by atomic mass is 35.5. The largest absolute Gasteiger partial charge is 0.309 e. The molecule has 4 rings (SSSR count). The fourth-order valence-electron chi connectivity index (χ4n) is 3.21. The zero-order valence-corrected chi connectivity index (χ0v) is 20.5. The maximum Gasteiger partial charge on any atom is 0.270 e. The average Bonchev–Trinajstić information content (AvgIpc) is 3.33. The standard InChI is InChI=1S/C21H19ClN4O3S2.ClH/c1-24(2)8-3-9-25(21-23-16-6-4-14(22)12-18(16)31-21)20(27)19-11-13-10-15(26(28)29)5-7-17(13)30-19;/h4-7,10-12H,3,8-9H2,1-2H3;1H. The van der Waals surface area contributed by atoms with Crippen molar-refractivity contribution in [3.05, 3.63) is 62.5 Å². The third kappa shape index (κ3) is 5.19. The Labute approximate surface area is 203 Å². The fourth-order valence-corrected chi connectivity index (χ4v) is 5.47. The lowest BCUT2D eigenvalue weighted by atomic mass is 10.2. The molecule has 2 aromatic carbocycles. The number of nitro benzene ring substituents is 1. The van der Waals surface area contributed by atoms with Crippen LogP contribution in [0.25, 0.3) is 20.3 Å². The summed E-state index contributed by atoms with van der Waals surface area (Å²) < 4.78 is 1.75. The number of halogens is 2. The number of non-ortho nitro benzene ring substituents is 1. The minimum atomic E-state index is -0.432. The topological polar surface area (TPSA) is 79.6 Å². The highest BCUT2D eigenvalue weighted by Gasteiger charge is 2.23. The van der Waals surface area contributed by atoms with Crippen LogP contribution in [0.3, 0.4) is 0 Å². The second-order valence-corrected chi connectivity index (χ2v) is 9.84. The van der Waals surface area contributed by atoms with Crippen molar-refractivity contribution in [2.45, 2.75) is 6.42 Å². The van der Waals surface area contributed by atoms with E-state index in [2.05, 4.69) is 9.88 Å². The van der Waals surface area contributed by atoms with E-state index in [0.717, 1.165) is 27.9 Å². The highest BCUT2D eigenvalue weighted by Crippen LogP contribution is 2.34. The lowest BCUT2D eigenvalue weighted by Crippen LogP contribution is -2.32. The van der Waals surface area contributed by atoms with Crippen LogP contribution in [-0.4, -0.2) is 47.9 Å². The van der Waals surface area contributed by atoms with Gasteiger partial charge in [0.15, 0.2) is 5.13 Å². The monoisotopic (exact) mass is 510 g/mol. The number of hydrogen-bond acceptors (Lipinski definition) is 7. The van der Waals surface area contributed by atoms with Crippen molar-refractivity contribution >= 4 is 83.7 Å². The summed E-state index contributed by atoms with van der Waals surface area (Å²) in [6.45, 7) is 1.35. The van der Waals surface area contributed by atoms with Crippen LogP contribution in [-0.2, 0) is 0 Å². The molecule has 0 bridgehead atoms. The maximum atomic E-state index is 13.5. The van der Waals surface area contributed by atoms with Crippen LogP contribution in [0.2, 0.25) is 5.02 Å². The molecular weight excluding hydrogens is 491 g/mol. The summed E-state index contributed by atoms with van der Waals surface area (Å²) >= 11 is 8.87. The van der Waals surface area contributed by atoms with E-state index in [9.17, 15) is 14.9 Å². The number of anilines is 1. The summed E-state index contributed by atoms with van der Waals surface area (Å²) in [7, 11) is 3.98. The third-order valence-corrected chi connectivity index (χ3v) is 7.10. The van der Waals surface area contributed by atoms with Crippen molar-refractivity contribution in [3.8, 4) is 0 Å². The van der Waals surface area contributed by atoms with Gasteiger partial charge >= 0.3 is 0 Å². The smallest absolute Gasteiger partial charge is 0.270 e. The summed E-state index contributed by atoms with van der Waals surface area (Å²) in [5.74, 6) is -0.159. The third-order valence-electron chi connectivity index (χ3n) is 4.72. The first-order valence-electron chi connectivity index (χ1n) is 9.52.